The molecule has 2 nitrogen and oxygen atoms in total. The quantitative estimate of drug-likeness (QED) is 0.774. The highest BCUT2D eigenvalue weighted by atomic mass is 19.4. The number of nitriles is 1. The van der Waals surface area contributed by atoms with Crippen LogP contribution in [-0.2, 0) is 6.18 Å². The standard InChI is InChI=1S/C14H15F3N2/c1-13(2)5-6-19(9-13)11-3-4-12(14(15,16)17)10(7-11)8-18/h3-4,7H,5-6,9H2,1-2H3. The molecule has 1 aliphatic rings. The Bertz CT molecular complexity index is 526. The van der Waals surface area contributed by atoms with E-state index in [9.17, 15) is 13.2 Å². The molecule has 0 aromatic heterocycles. The second-order valence-electron chi connectivity index (χ2n) is 5.68. The largest absolute Gasteiger partial charge is 0.417 e. The third kappa shape index (κ3) is 2.83. The number of alkyl halides is 3. The summed E-state index contributed by atoms with van der Waals surface area (Å²) in [5.41, 5.74) is -0.322. The second kappa shape index (κ2) is 4.44. The van der Waals surface area contributed by atoms with Crippen molar-refractivity contribution in [2.45, 2.75) is 26.4 Å². The van der Waals surface area contributed by atoms with Crippen LogP contribution in [0.3, 0.4) is 0 Å². The lowest BCUT2D eigenvalue weighted by molar-refractivity contribution is -0.137. The van der Waals surface area contributed by atoms with Crippen LogP contribution in [0.4, 0.5) is 18.9 Å². The lowest BCUT2D eigenvalue weighted by Gasteiger charge is -2.22. The topological polar surface area (TPSA) is 27.0 Å². The highest BCUT2D eigenvalue weighted by Gasteiger charge is 2.35. The summed E-state index contributed by atoms with van der Waals surface area (Å²) in [4.78, 5) is 2.03. The average molecular weight is 268 g/mol. The molecule has 5 heteroatoms. The van der Waals surface area contributed by atoms with E-state index < -0.39 is 11.7 Å². The Morgan fingerprint density at radius 3 is 2.47 bits per heavy atom. The van der Waals surface area contributed by atoms with Crippen molar-refractivity contribution < 1.29 is 13.2 Å². The minimum absolute atomic E-state index is 0.162. The summed E-state index contributed by atoms with van der Waals surface area (Å²) in [6.45, 7) is 5.86. The predicted molar refractivity (Wildman–Crippen MR) is 66.8 cm³/mol. The van der Waals surface area contributed by atoms with E-state index in [2.05, 4.69) is 13.8 Å². The molecule has 1 aromatic rings. The third-order valence-corrected chi connectivity index (χ3v) is 3.47. The van der Waals surface area contributed by atoms with E-state index in [1.54, 1.807) is 6.07 Å². The monoisotopic (exact) mass is 268 g/mol. The van der Waals surface area contributed by atoms with Gasteiger partial charge in [0.05, 0.1) is 17.2 Å². The molecule has 0 unspecified atom stereocenters. The van der Waals surface area contributed by atoms with Crippen LogP contribution in [0.2, 0.25) is 0 Å². The molecule has 0 atom stereocenters. The predicted octanol–water partition coefficient (Wildman–Crippen LogP) is 3.81. The highest BCUT2D eigenvalue weighted by molar-refractivity contribution is 5.56. The summed E-state index contributed by atoms with van der Waals surface area (Å²) in [7, 11) is 0. The maximum atomic E-state index is 12.7. The van der Waals surface area contributed by atoms with E-state index in [1.165, 1.54) is 12.1 Å². The lowest BCUT2D eigenvalue weighted by atomic mass is 9.93. The van der Waals surface area contributed by atoms with E-state index in [4.69, 9.17) is 5.26 Å². The minimum atomic E-state index is -4.48. The zero-order valence-electron chi connectivity index (χ0n) is 10.9. The fraction of sp³-hybridized carbons (Fsp3) is 0.500. The van der Waals surface area contributed by atoms with Crippen LogP contribution in [0.25, 0.3) is 0 Å². The van der Waals surface area contributed by atoms with Crippen molar-refractivity contribution in [3.05, 3.63) is 29.3 Å². The maximum Gasteiger partial charge on any atom is 0.417 e. The van der Waals surface area contributed by atoms with Crippen LogP contribution in [0.15, 0.2) is 18.2 Å². The number of halogens is 3. The number of rotatable bonds is 1. The first kappa shape index (κ1) is 13.7. The SMILES string of the molecule is CC1(C)CCN(c2ccc(C(F)(F)F)c(C#N)c2)C1. The van der Waals surface area contributed by atoms with Gasteiger partial charge in [0, 0.05) is 18.8 Å². The molecule has 0 amide bonds. The molecule has 0 radical (unpaired) electrons. The fourth-order valence-electron chi connectivity index (χ4n) is 2.40. The number of hydrogen-bond donors (Lipinski definition) is 0. The molecule has 1 fully saturated rings. The number of benzene rings is 1. The summed E-state index contributed by atoms with van der Waals surface area (Å²) in [6.07, 6.45) is -3.48. The average Bonchev–Trinajstić information content (AvgIpc) is 2.67. The molecule has 0 bridgehead atoms. The number of hydrogen-bond acceptors (Lipinski definition) is 2. The molecule has 1 aromatic carbocycles. The fourth-order valence-corrected chi connectivity index (χ4v) is 2.40. The Kier molecular flexibility index (Phi) is 3.21. The van der Waals surface area contributed by atoms with Gasteiger partial charge in [0.1, 0.15) is 0 Å². The van der Waals surface area contributed by atoms with Crippen LogP contribution in [0, 0.1) is 16.7 Å². The first-order valence-corrected chi connectivity index (χ1v) is 6.09. The molecular weight excluding hydrogens is 253 g/mol. The van der Waals surface area contributed by atoms with Crippen molar-refractivity contribution in [3.8, 4) is 6.07 Å². The van der Waals surface area contributed by atoms with Crippen molar-refractivity contribution >= 4 is 5.69 Å². The second-order valence-corrected chi connectivity index (χ2v) is 5.68. The molecule has 0 spiro atoms. The summed E-state index contributed by atoms with van der Waals surface area (Å²) in [6, 6.07) is 5.43. The Labute approximate surface area is 110 Å². The smallest absolute Gasteiger partial charge is 0.371 e. The third-order valence-electron chi connectivity index (χ3n) is 3.47. The molecule has 0 aliphatic carbocycles. The molecule has 2 rings (SSSR count). The molecular formula is C14H15F3N2. The van der Waals surface area contributed by atoms with Crippen molar-refractivity contribution in [3.63, 3.8) is 0 Å². The normalized spacial score (nSPS) is 18.4. The first-order chi connectivity index (χ1) is 8.73. The number of anilines is 1. The van der Waals surface area contributed by atoms with Crippen LogP contribution in [-0.4, -0.2) is 13.1 Å². The Hall–Kier alpha value is -1.70. The van der Waals surface area contributed by atoms with E-state index in [-0.39, 0.29) is 11.0 Å². The highest BCUT2D eigenvalue weighted by Crippen LogP contribution is 2.36. The molecule has 102 valence electrons. The molecule has 1 aliphatic heterocycles. The van der Waals surface area contributed by atoms with E-state index in [0.717, 1.165) is 25.6 Å². The van der Waals surface area contributed by atoms with Gasteiger partial charge in [-0.25, -0.2) is 0 Å². The summed E-state index contributed by atoms with van der Waals surface area (Å²) in [5.74, 6) is 0. The van der Waals surface area contributed by atoms with E-state index in [1.807, 2.05) is 4.90 Å². The van der Waals surface area contributed by atoms with E-state index >= 15 is 0 Å². The van der Waals surface area contributed by atoms with Crippen LogP contribution in [0.1, 0.15) is 31.4 Å². The molecule has 0 N–H and O–H groups in total. The molecule has 1 heterocycles. The van der Waals surface area contributed by atoms with Crippen molar-refractivity contribution in [2.24, 2.45) is 5.41 Å². The Balaban J connectivity index is 2.34. The molecule has 0 saturated carbocycles. The van der Waals surface area contributed by atoms with E-state index in [0.29, 0.717) is 5.69 Å². The van der Waals surface area contributed by atoms with Gasteiger partial charge in [0.2, 0.25) is 0 Å². The minimum Gasteiger partial charge on any atom is -0.371 e. The Morgan fingerprint density at radius 1 is 1.32 bits per heavy atom. The molecule has 1 saturated heterocycles. The van der Waals surface area contributed by atoms with Gasteiger partial charge in [-0.15, -0.1) is 0 Å². The van der Waals surface area contributed by atoms with Gasteiger partial charge in [-0.1, -0.05) is 13.8 Å². The summed E-state index contributed by atoms with van der Waals surface area (Å²) >= 11 is 0. The zero-order chi connectivity index (χ0) is 14.3. The van der Waals surface area contributed by atoms with Gasteiger partial charge < -0.3 is 4.90 Å². The summed E-state index contributed by atoms with van der Waals surface area (Å²) < 4.78 is 38.1. The van der Waals surface area contributed by atoms with Gasteiger partial charge in [-0.05, 0) is 30.0 Å². The van der Waals surface area contributed by atoms with Crippen molar-refractivity contribution in [1.29, 1.82) is 5.26 Å². The summed E-state index contributed by atoms with van der Waals surface area (Å²) in [5, 5.41) is 8.88. The zero-order valence-corrected chi connectivity index (χ0v) is 10.9. The number of nitrogens with zero attached hydrogens (tertiary/aromatic N) is 2. The van der Waals surface area contributed by atoms with Gasteiger partial charge in [-0.3, -0.25) is 0 Å². The van der Waals surface area contributed by atoms with Crippen LogP contribution < -0.4 is 4.90 Å². The maximum absolute atomic E-state index is 12.7. The van der Waals surface area contributed by atoms with Crippen molar-refractivity contribution in [2.75, 3.05) is 18.0 Å². The van der Waals surface area contributed by atoms with Gasteiger partial charge >= 0.3 is 6.18 Å². The van der Waals surface area contributed by atoms with Crippen LogP contribution >= 0.6 is 0 Å². The lowest BCUT2D eigenvalue weighted by Crippen LogP contribution is -2.23. The van der Waals surface area contributed by atoms with Gasteiger partial charge in [0.15, 0.2) is 0 Å². The van der Waals surface area contributed by atoms with Crippen LogP contribution in [0.5, 0.6) is 0 Å². The van der Waals surface area contributed by atoms with Gasteiger partial charge in [-0.2, -0.15) is 18.4 Å². The van der Waals surface area contributed by atoms with Gasteiger partial charge in [0.25, 0.3) is 0 Å². The molecule has 19 heavy (non-hydrogen) atoms. The van der Waals surface area contributed by atoms with Crippen molar-refractivity contribution in [1.82, 2.24) is 0 Å². The first-order valence-electron chi connectivity index (χ1n) is 6.09. The Morgan fingerprint density at radius 2 is 2.00 bits per heavy atom.